The molecule has 0 radical (unpaired) electrons. The highest BCUT2D eigenvalue weighted by atomic mass is 16.1. The van der Waals surface area contributed by atoms with E-state index in [1.165, 1.54) is 10.5 Å². The Morgan fingerprint density at radius 2 is 1.93 bits per heavy atom. The van der Waals surface area contributed by atoms with Crippen molar-refractivity contribution < 1.29 is 9.69 Å². The van der Waals surface area contributed by atoms with Crippen LogP contribution in [0.5, 0.6) is 0 Å². The van der Waals surface area contributed by atoms with Gasteiger partial charge in [0.2, 0.25) is 5.91 Å². The molecule has 0 saturated carbocycles. The van der Waals surface area contributed by atoms with E-state index in [4.69, 9.17) is 0 Å². The lowest BCUT2D eigenvalue weighted by molar-refractivity contribution is -0.901. The summed E-state index contributed by atoms with van der Waals surface area (Å²) in [4.78, 5) is 33.2. The van der Waals surface area contributed by atoms with Crippen LogP contribution in [0.15, 0.2) is 59.4 Å². The van der Waals surface area contributed by atoms with Gasteiger partial charge in [-0.1, -0.05) is 42.5 Å². The maximum absolute atomic E-state index is 12.3. The summed E-state index contributed by atoms with van der Waals surface area (Å²) in [6.45, 7) is 3.01. The van der Waals surface area contributed by atoms with Crippen LogP contribution in [0.25, 0.3) is 10.9 Å². The summed E-state index contributed by atoms with van der Waals surface area (Å²) in [5, 5.41) is 3.71. The number of nitrogens with zero attached hydrogens (tertiary/aromatic N) is 1. The van der Waals surface area contributed by atoms with Crippen molar-refractivity contribution in [3.8, 4) is 0 Å². The fourth-order valence-electron chi connectivity index (χ4n) is 3.88. The van der Waals surface area contributed by atoms with Crippen molar-refractivity contribution in [2.24, 2.45) is 0 Å². The van der Waals surface area contributed by atoms with Crippen LogP contribution in [0.2, 0.25) is 0 Å². The van der Waals surface area contributed by atoms with Crippen molar-refractivity contribution >= 4 is 16.8 Å². The molecule has 1 aliphatic rings. The molecule has 6 nitrogen and oxygen atoms in total. The number of benzene rings is 2. The number of aryl methyl sites for hydroxylation is 1. The fraction of sp³-hybridized carbons (Fsp3) is 0.318. The Hall–Kier alpha value is -2.99. The van der Waals surface area contributed by atoms with Gasteiger partial charge >= 0.3 is 0 Å². The molecule has 144 valence electrons. The summed E-state index contributed by atoms with van der Waals surface area (Å²) in [6.07, 6.45) is 1.75. The number of amides is 1. The topological polar surface area (TPSA) is 79.3 Å². The standard InChI is InChI=1S/C22H24N4O2/c27-21(11-10-20-24-19-9-5-4-8-18(19)22(28)25-20)23-17-12-13-26(15-17)14-16-6-2-1-3-7-16/h1-9,17H,10-15H2,(H,23,27)(H,24,25,28)/p+1/t17-/m0/s1. The van der Waals surface area contributed by atoms with Gasteiger partial charge < -0.3 is 15.2 Å². The van der Waals surface area contributed by atoms with Crippen LogP contribution in [-0.4, -0.2) is 35.0 Å². The first-order chi connectivity index (χ1) is 13.7. The first kappa shape index (κ1) is 18.4. The third kappa shape index (κ3) is 4.46. The van der Waals surface area contributed by atoms with Crippen LogP contribution in [0.4, 0.5) is 0 Å². The Kier molecular flexibility index (Phi) is 5.48. The van der Waals surface area contributed by atoms with Gasteiger partial charge in [0, 0.05) is 24.8 Å². The zero-order chi connectivity index (χ0) is 19.3. The fourth-order valence-corrected chi connectivity index (χ4v) is 3.88. The van der Waals surface area contributed by atoms with Crippen molar-refractivity contribution in [2.75, 3.05) is 13.1 Å². The van der Waals surface area contributed by atoms with Gasteiger partial charge in [-0.25, -0.2) is 4.98 Å². The molecule has 3 N–H and O–H groups in total. The van der Waals surface area contributed by atoms with Crippen LogP contribution in [-0.2, 0) is 17.8 Å². The van der Waals surface area contributed by atoms with E-state index in [0.29, 0.717) is 29.6 Å². The Labute approximate surface area is 163 Å². The lowest BCUT2D eigenvalue weighted by Gasteiger charge is -2.14. The van der Waals surface area contributed by atoms with E-state index in [9.17, 15) is 9.59 Å². The molecule has 2 aromatic carbocycles. The average Bonchev–Trinajstić information content (AvgIpc) is 3.14. The summed E-state index contributed by atoms with van der Waals surface area (Å²) in [5.74, 6) is 0.573. The third-order valence-electron chi connectivity index (χ3n) is 5.29. The number of aromatic nitrogens is 2. The minimum atomic E-state index is -0.156. The highest BCUT2D eigenvalue weighted by Gasteiger charge is 2.27. The van der Waals surface area contributed by atoms with E-state index < -0.39 is 0 Å². The highest BCUT2D eigenvalue weighted by molar-refractivity contribution is 5.78. The van der Waals surface area contributed by atoms with E-state index >= 15 is 0 Å². The maximum atomic E-state index is 12.3. The number of carbonyl (C=O) groups excluding carboxylic acids is 1. The van der Waals surface area contributed by atoms with Crippen molar-refractivity contribution in [1.82, 2.24) is 15.3 Å². The number of H-pyrrole nitrogens is 1. The summed E-state index contributed by atoms with van der Waals surface area (Å²) >= 11 is 0. The molecule has 1 aliphatic heterocycles. The average molecular weight is 377 g/mol. The lowest BCUT2D eigenvalue weighted by Crippen LogP contribution is -3.09. The minimum absolute atomic E-state index is 0.0155. The number of para-hydroxylation sites is 1. The Bertz CT molecular complexity index is 1020. The SMILES string of the molecule is O=C(CCc1nc2ccccc2c(=O)[nH]1)N[C@H]1CC[NH+](Cc2ccccc2)C1. The van der Waals surface area contributed by atoms with Gasteiger partial charge in [-0.05, 0) is 12.1 Å². The second-order valence-corrected chi connectivity index (χ2v) is 7.45. The Morgan fingerprint density at radius 3 is 2.79 bits per heavy atom. The monoisotopic (exact) mass is 377 g/mol. The number of rotatable bonds is 6. The van der Waals surface area contributed by atoms with E-state index in [1.54, 1.807) is 6.07 Å². The van der Waals surface area contributed by atoms with Crippen molar-refractivity contribution in [3.63, 3.8) is 0 Å². The molecular formula is C22H25N4O2+. The van der Waals surface area contributed by atoms with E-state index in [2.05, 4.69) is 39.6 Å². The van der Waals surface area contributed by atoms with Crippen LogP contribution in [0.3, 0.4) is 0 Å². The lowest BCUT2D eigenvalue weighted by atomic mass is 10.2. The van der Waals surface area contributed by atoms with Crippen LogP contribution < -0.4 is 15.8 Å². The molecule has 2 heterocycles. The van der Waals surface area contributed by atoms with Gasteiger partial charge in [0.25, 0.3) is 5.56 Å². The van der Waals surface area contributed by atoms with Crippen LogP contribution >= 0.6 is 0 Å². The molecule has 1 saturated heterocycles. The number of carbonyl (C=O) groups is 1. The molecule has 1 unspecified atom stereocenters. The second kappa shape index (κ2) is 8.35. The van der Waals surface area contributed by atoms with Gasteiger partial charge in [-0.2, -0.15) is 0 Å². The molecular weight excluding hydrogens is 352 g/mol. The number of nitrogens with one attached hydrogen (secondary N) is 3. The molecule has 0 aliphatic carbocycles. The predicted molar refractivity (Wildman–Crippen MR) is 108 cm³/mol. The molecule has 0 bridgehead atoms. The Balaban J connectivity index is 1.28. The number of likely N-dealkylation sites (tertiary alicyclic amines) is 1. The van der Waals surface area contributed by atoms with Gasteiger partial charge in [-0.3, -0.25) is 9.59 Å². The summed E-state index contributed by atoms with van der Waals surface area (Å²) in [6, 6.07) is 17.9. The molecule has 6 heteroatoms. The van der Waals surface area contributed by atoms with E-state index in [-0.39, 0.29) is 17.5 Å². The number of aromatic amines is 1. The predicted octanol–water partition coefficient (Wildman–Crippen LogP) is 0.829. The molecule has 3 aromatic rings. The van der Waals surface area contributed by atoms with Crippen molar-refractivity contribution in [3.05, 3.63) is 76.3 Å². The maximum Gasteiger partial charge on any atom is 0.258 e. The molecule has 1 aromatic heterocycles. The van der Waals surface area contributed by atoms with E-state index in [1.807, 2.05) is 24.3 Å². The summed E-state index contributed by atoms with van der Waals surface area (Å²) in [7, 11) is 0. The number of hydrogen-bond donors (Lipinski definition) is 3. The zero-order valence-corrected chi connectivity index (χ0v) is 15.8. The van der Waals surface area contributed by atoms with Gasteiger partial charge in [0.15, 0.2) is 0 Å². The third-order valence-corrected chi connectivity index (χ3v) is 5.29. The highest BCUT2D eigenvalue weighted by Crippen LogP contribution is 2.07. The summed E-state index contributed by atoms with van der Waals surface area (Å²) in [5.41, 5.74) is 1.84. The second-order valence-electron chi connectivity index (χ2n) is 7.45. The molecule has 2 atom stereocenters. The van der Waals surface area contributed by atoms with Crippen molar-refractivity contribution in [1.29, 1.82) is 0 Å². The first-order valence-corrected chi connectivity index (χ1v) is 9.82. The van der Waals surface area contributed by atoms with Crippen molar-refractivity contribution in [2.45, 2.75) is 31.8 Å². The van der Waals surface area contributed by atoms with Gasteiger partial charge in [-0.15, -0.1) is 0 Å². The number of fused-ring (bicyclic) bond motifs is 1. The van der Waals surface area contributed by atoms with E-state index in [0.717, 1.165) is 26.1 Å². The minimum Gasteiger partial charge on any atom is -0.347 e. The quantitative estimate of drug-likeness (QED) is 0.595. The molecule has 1 fully saturated rings. The molecule has 1 amide bonds. The molecule has 0 spiro atoms. The van der Waals surface area contributed by atoms with Gasteiger partial charge in [0.1, 0.15) is 12.4 Å². The smallest absolute Gasteiger partial charge is 0.258 e. The summed E-state index contributed by atoms with van der Waals surface area (Å²) < 4.78 is 0. The molecule has 28 heavy (non-hydrogen) atoms. The molecule has 4 rings (SSSR count). The van der Waals surface area contributed by atoms with Gasteiger partial charge in [0.05, 0.1) is 30.0 Å². The van der Waals surface area contributed by atoms with Crippen LogP contribution in [0.1, 0.15) is 24.2 Å². The number of hydrogen-bond acceptors (Lipinski definition) is 3. The normalized spacial score (nSPS) is 19.0. The zero-order valence-electron chi connectivity index (χ0n) is 15.8. The number of quaternary nitrogens is 1. The first-order valence-electron chi connectivity index (χ1n) is 9.82. The Morgan fingerprint density at radius 1 is 1.14 bits per heavy atom. The largest absolute Gasteiger partial charge is 0.347 e. The van der Waals surface area contributed by atoms with Crippen LogP contribution in [0, 0.1) is 0 Å².